The molecule has 29 heavy (non-hydrogen) atoms. The second-order valence-corrected chi connectivity index (χ2v) is 6.40. The lowest BCUT2D eigenvalue weighted by Gasteiger charge is -2.28. The van der Waals surface area contributed by atoms with Crippen molar-refractivity contribution >= 4 is 40.9 Å². The quantitative estimate of drug-likeness (QED) is 0.618. The summed E-state index contributed by atoms with van der Waals surface area (Å²) in [5.41, 5.74) is 5.08. The molecule has 1 heterocycles. The van der Waals surface area contributed by atoms with Crippen molar-refractivity contribution in [3.8, 4) is 5.75 Å². The Balaban J connectivity index is 1.47. The summed E-state index contributed by atoms with van der Waals surface area (Å²) in [5.74, 6) is -1.66. The summed E-state index contributed by atoms with van der Waals surface area (Å²) < 4.78 is 5.30. The van der Waals surface area contributed by atoms with E-state index in [1.165, 1.54) is 11.0 Å². The number of hydrogen-bond donors (Lipinski definition) is 3. The maximum atomic E-state index is 12.1. The summed E-state index contributed by atoms with van der Waals surface area (Å²) >= 11 is 5.92. The molecule has 0 saturated heterocycles. The first-order chi connectivity index (χ1) is 14.0. The summed E-state index contributed by atoms with van der Waals surface area (Å²) in [7, 11) is 0. The lowest BCUT2D eigenvalue weighted by atomic mass is 10.2. The predicted molar refractivity (Wildman–Crippen MR) is 104 cm³/mol. The molecule has 2 aromatic carbocycles. The predicted octanol–water partition coefficient (Wildman–Crippen LogP) is 0.643. The van der Waals surface area contributed by atoms with Crippen LogP contribution in [0.25, 0.3) is 0 Å². The van der Waals surface area contributed by atoms with E-state index in [9.17, 15) is 19.2 Å². The SMILES string of the molecule is O=C(CNC(=O)c1ccccc1Cl)NNC(=O)CN1C(=O)COc2ccccc21. The zero-order valence-electron chi connectivity index (χ0n) is 15.1. The Hall–Kier alpha value is -3.59. The van der Waals surface area contributed by atoms with Crippen LogP contribution < -0.4 is 25.8 Å². The molecule has 0 bridgehead atoms. The van der Waals surface area contributed by atoms with E-state index in [4.69, 9.17) is 16.3 Å². The molecular weight excluding hydrogens is 400 g/mol. The molecule has 0 spiro atoms. The van der Waals surface area contributed by atoms with E-state index in [1.807, 2.05) is 0 Å². The molecule has 0 saturated carbocycles. The fourth-order valence-electron chi connectivity index (χ4n) is 2.60. The third kappa shape index (κ3) is 5.02. The van der Waals surface area contributed by atoms with Gasteiger partial charge in [-0.05, 0) is 24.3 Å². The number of halogens is 1. The molecule has 1 aliphatic rings. The van der Waals surface area contributed by atoms with Gasteiger partial charge in [-0.15, -0.1) is 0 Å². The highest BCUT2D eigenvalue weighted by atomic mass is 35.5. The molecule has 10 heteroatoms. The van der Waals surface area contributed by atoms with E-state index in [1.54, 1.807) is 42.5 Å². The van der Waals surface area contributed by atoms with Crippen molar-refractivity contribution in [2.75, 3.05) is 24.6 Å². The van der Waals surface area contributed by atoms with Gasteiger partial charge in [-0.1, -0.05) is 35.9 Å². The number of benzene rings is 2. The highest BCUT2D eigenvalue weighted by Crippen LogP contribution is 2.31. The summed E-state index contributed by atoms with van der Waals surface area (Å²) in [6.07, 6.45) is 0. The second kappa shape index (κ2) is 9.07. The van der Waals surface area contributed by atoms with Gasteiger partial charge in [-0.3, -0.25) is 34.9 Å². The highest BCUT2D eigenvalue weighted by Gasteiger charge is 2.27. The van der Waals surface area contributed by atoms with Crippen LogP contribution in [0.2, 0.25) is 5.02 Å². The first-order valence-electron chi connectivity index (χ1n) is 8.58. The Morgan fingerprint density at radius 1 is 1.00 bits per heavy atom. The number of rotatable bonds is 5. The molecule has 9 nitrogen and oxygen atoms in total. The van der Waals surface area contributed by atoms with E-state index in [0.717, 1.165) is 0 Å². The largest absolute Gasteiger partial charge is 0.482 e. The summed E-state index contributed by atoms with van der Waals surface area (Å²) in [5, 5.41) is 2.66. The Bertz CT molecular complexity index is 965. The number of carbonyl (C=O) groups excluding carboxylic acids is 4. The van der Waals surface area contributed by atoms with E-state index in [2.05, 4.69) is 16.2 Å². The minimum atomic E-state index is -0.646. The van der Waals surface area contributed by atoms with E-state index in [0.29, 0.717) is 11.4 Å². The molecular formula is C19H17ClN4O5. The molecule has 4 amide bonds. The average Bonchev–Trinajstić information content (AvgIpc) is 2.73. The van der Waals surface area contributed by atoms with E-state index < -0.39 is 17.7 Å². The molecule has 0 unspecified atom stereocenters. The fraction of sp³-hybridized carbons (Fsp3) is 0.158. The molecule has 0 fully saturated rings. The number of fused-ring (bicyclic) bond motifs is 1. The van der Waals surface area contributed by atoms with Gasteiger partial charge in [0.05, 0.1) is 22.8 Å². The van der Waals surface area contributed by atoms with E-state index in [-0.39, 0.29) is 36.2 Å². The van der Waals surface area contributed by atoms with Crippen molar-refractivity contribution < 1.29 is 23.9 Å². The molecule has 0 atom stereocenters. The Labute approximate surface area is 170 Å². The van der Waals surface area contributed by atoms with Crippen molar-refractivity contribution in [1.82, 2.24) is 16.2 Å². The standard InChI is InChI=1S/C19H17ClN4O5/c20-13-6-2-1-5-12(13)19(28)21-9-16(25)22-23-17(26)10-24-14-7-3-4-8-15(14)29-11-18(24)27/h1-8H,9-11H2,(H,21,28)(H,22,25)(H,23,26). The van der Waals surface area contributed by atoms with Gasteiger partial charge < -0.3 is 10.1 Å². The van der Waals surface area contributed by atoms with Crippen LogP contribution in [-0.2, 0) is 14.4 Å². The van der Waals surface area contributed by atoms with Crippen LogP contribution in [0.15, 0.2) is 48.5 Å². The van der Waals surface area contributed by atoms with Gasteiger partial charge in [0.25, 0.3) is 23.6 Å². The monoisotopic (exact) mass is 416 g/mol. The van der Waals surface area contributed by atoms with Crippen LogP contribution in [0.5, 0.6) is 5.75 Å². The number of hydrazine groups is 1. The normalized spacial score (nSPS) is 12.4. The van der Waals surface area contributed by atoms with Gasteiger partial charge in [0, 0.05) is 0 Å². The highest BCUT2D eigenvalue weighted by molar-refractivity contribution is 6.33. The second-order valence-electron chi connectivity index (χ2n) is 6.00. The van der Waals surface area contributed by atoms with Crippen LogP contribution in [0.3, 0.4) is 0 Å². The maximum absolute atomic E-state index is 12.1. The van der Waals surface area contributed by atoms with Crippen molar-refractivity contribution in [2.24, 2.45) is 0 Å². The first kappa shape index (κ1) is 20.2. The molecule has 3 N–H and O–H groups in total. The molecule has 2 aromatic rings. The number of amides is 4. The van der Waals surface area contributed by atoms with Crippen LogP contribution in [-0.4, -0.2) is 43.3 Å². The third-order valence-corrected chi connectivity index (χ3v) is 4.31. The number of carbonyl (C=O) groups is 4. The number of nitrogens with one attached hydrogen (secondary N) is 3. The zero-order valence-corrected chi connectivity index (χ0v) is 15.9. The third-order valence-electron chi connectivity index (χ3n) is 3.98. The molecule has 0 radical (unpaired) electrons. The summed E-state index contributed by atoms with van der Waals surface area (Å²) in [6.45, 7) is -0.847. The molecule has 150 valence electrons. The maximum Gasteiger partial charge on any atom is 0.265 e. The Kier molecular flexibility index (Phi) is 6.30. The van der Waals surface area contributed by atoms with Crippen LogP contribution in [0.4, 0.5) is 5.69 Å². The van der Waals surface area contributed by atoms with Crippen LogP contribution >= 0.6 is 11.6 Å². The number of para-hydroxylation sites is 2. The minimum absolute atomic E-state index is 0.176. The van der Waals surface area contributed by atoms with Gasteiger partial charge in [0.15, 0.2) is 6.61 Å². The lowest BCUT2D eigenvalue weighted by molar-refractivity contribution is -0.128. The lowest BCUT2D eigenvalue weighted by Crippen LogP contribution is -2.51. The number of anilines is 1. The van der Waals surface area contributed by atoms with Crippen molar-refractivity contribution in [3.05, 3.63) is 59.1 Å². The van der Waals surface area contributed by atoms with Gasteiger partial charge in [-0.25, -0.2) is 0 Å². The van der Waals surface area contributed by atoms with Crippen LogP contribution in [0, 0.1) is 0 Å². The van der Waals surface area contributed by atoms with E-state index >= 15 is 0 Å². The molecule has 0 aliphatic carbocycles. The number of nitrogens with zero attached hydrogens (tertiary/aromatic N) is 1. The smallest absolute Gasteiger partial charge is 0.265 e. The van der Waals surface area contributed by atoms with Gasteiger partial charge in [0.1, 0.15) is 12.3 Å². The number of ether oxygens (including phenoxy) is 1. The van der Waals surface area contributed by atoms with Crippen molar-refractivity contribution in [3.63, 3.8) is 0 Å². The summed E-state index contributed by atoms with van der Waals surface area (Å²) in [6, 6.07) is 13.2. The zero-order chi connectivity index (χ0) is 20.8. The molecule has 0 aromatic heterocycles. The van der Waals surface area contributed by atoms with Gasteiger partial charge >= 0.3 is 0 Å². The minimum Gasteiger partial charge on any atom is -0.482 e. The fourth-order valence-corrected chi connectivity index (χ4v) is 2.82. The van der Waals surface area contributed by atoms with Gasteiger partial charge in [-0.2, -0.15) is 0 Å². The Morgan fingerprint density at radius 3 is 2.48 bits per heavy atom. The van der Waals surface area contributed by atoms with Crippen LogP contribution in [0.1, 0.15) is 10.4 Å². The number of hydrogen-bond acceptors (Lipinski definition) is 5. The Morgan fingerprint density at radius 2 is 1.69 bits per heavy atom. The topological polar surface area (TPSA) is 117 Å². The summed E-state index contributed by atoms with van der Waals surface area (Å²) in [4.78, 5) is 49.3. The van der Waals surface area contributed by atoms with Gasteiger partial charge in [0.2, 0.25) is 0 Å². The van der Waals surface area contributed by atoms with Crippen molar-refractivity contribution in [1.29, 1.82) is 0 Å². The van der Waals surface area contributed by atoms with Crippen molar-refractivity contribution in [2.45, 2.75) is 0 Å². The molecule has 1 aliphatic heterocycles. The first-order valence-corrected chi connectivity index (χ1v) is 8.96. The molecule has 3 rings (SSSR count). The average molecular weight is 417 g/mol.